The summed E-state index contributed by atoms with van der Waals surface area (Å²) in [5, 5.41) is 27.0. The number of para-hydroxylation sites is 1. The number of aliphatic hydroxyl groups is 2. The molecule has 52 heavy (non-hydrogen) atoms. The second kappa shape index (κ2) is 15.8. The van der Waals surface area contributed by atoms with Crippen LogP contribution in [0.3, 0.4) is 0 Å². The maximum absolute atomic E-state index is 14.2. The van der Waals surface area contributed by atoms with E-state index in [1.165, 1.54) is 11.8 Å². The van der Waals surface area contributed by atoms with Crippen LogP contribution in [0.15, 0.2) is 101 Å². The van der Waals surface area contributed by atoms with Crippen LogP contribution in [0.25, 0.3) is 0 Å². The van der Waals surface area contributed by atoms with Crippen molar-refractivity contribution in [3.8, 4) is 11.5 Å². The average molecular weight is 707 g/mol. The number of allylic oxidation sites excluding steroid dienone is 2. The van der Waals surface area contributed by atoms with Crippen LogP contribution in [-0.2, 0) is 13.0 Å². The minimum Gasteiger partial charge on any atom is -0.497 e. The second-order valence-corrected chi connectivity index (χ2v) is 14.6. The summed E-state index contributed by atoms with van der Waals surface area (Å²) >= 11 is 0. The highest BCUT2D eigenvalue weighted by molar-refractivity contribution is 6.08. The Labute approximate surface area is 306 Å². The molecule has 4 atom stereocenters. The lowest BCUT2D eigenvalue weighted by Crippen LogP contribution is -2.54. The molecule has 1 fully saturated rings. The molecular weight excluding hydrogens is 656 g/mol. The predicted molar refractivity (Wildman–Crippen MR) is 201 cm³/mol. The van der Waals surface area contributed by atoms with Crippen molar-refractivity contribution in [3.63, 3.8) is 0 Å². The molecule has 0 spiro atoms. The maximum Gasteiger partial charge on any atom is 0.322 e. The Morgan fingerprint density at radius 2 is 1.79 bits per heavy atom. The molecule has 9 nitrogen and oxygen atoms in total. The van der Waals surface area contributed by atoms with Gasteiger partial charge in [-0.25, -0.2) is 4.79 Å². The van der Waals surface area contributed by atoms with Crippen molar-refractivity contribution in [2.75, 3.05) is 26.1 Å². The monoisotopic (exact) mass is 706 g/mol. The number of nitrogens with zero attached hydrogens (tertiary/aromatic N) is 1. The second-order valence-electron chi connectivity index (χ2n) is 14.6. The quantitative estimate of drug-likeness (QED) is 0.118. The molecule has 3 aliphatic carbocycles. The number of nitrogens with one attached hydrogen (secondary N) is 1. The van der Waals surface area contributed by atoms with Crippen LogP contribution in [0.1, 0.15) is 91.1 Å². The number of ether oxygens (including phenoxy) is 2. The van der Waals surface area contributed by atoms with Crippen molar-refractivity contribution in [1.29, 1.82) is 0 Å². The van der Waals surface area contributed by atoms with Gasteiger partial charge in [-0.05, 0) is 111 Å². The lowest BCUT2D eigenvalue weighted by Gasteiger charge is -2.46. The van der Waals surface area contributed by atoms with E-state index >= 15 is 0 Å². The molecule has 3 aliphatic rings. The van der Waals surface area contributed by atoms with Gasteiger partial charge in [0.2, 0.25) is 5.78 Å². The molecule has 1 saturated carbocycles. The van der Waals surface area contributed by atoms with E-state index in [0.717, 1.165) is 23.1 Å². The van der Waals surface area contributed by atoms with Crippen LogP contribution in [0, 0.1) is 5.41 Å². The Morgan fingerprint density at radius 1 is 0.981 bits per heavy atom. The standard InChI is InChI=1S/C43H50N2O7/c1-29-10-8-21-42(2)37(35-19-15-30(24-33(46)17-14-29)25-36(35)40(47)38-13-9-23-52-38)20-22-43(42,49)28-45(41(48)44-32-11-6-5-7-12-32)27-31-16-18-34(50-3)26-39(31)51-4/h5-7,9-13,15-16,18-19,23,25-26,33,37,46,49H,8,14,17,20-22,24,27-28H2,1-4H3,(H,44,48)/t33-,37-,42-,43+/m0/s1. The van der Waals surface area contributed by atoms with Crippen LogP contribution in [0.5, 0.6) is 11.5 Å². The van der Waals surface area contributed by atoms with E-state index in [-0.39, 0.29) is 36.6 Å². The van der Waals surface area contributed by atoms with Crippen molar-refractivity contribution in [1.82, 2.24) is 4.90 Å². The Morgan fingerprint density at radius 3 is 2.52 bits per heavy atom. The number of carbonyl (C=O) groups is 2. The van der Waals surface area contributed by atoms with Gasteiger partial charge in [0.1, 0.15) is 11.5 Å². The topological polar surface area (TPSA) is 121 Å². The normalized spacial score (nSPS) is 23.2. The summed E-state index contributed by atoms with van der Waals surface area (Å²) in [7, 11) is 3.18. The third kappa shape index (κ3) is 7.81. The van der Waals surface area contributed by atoms with E-state index in [2.05, 4.69) is 25.2 Å². The minimum atomic E-state index is -1.33. The number of ketones is 1. The first kappa shape index (κ1) is 36.9. The molecule has 3 aromatic carbocycles. The number of hydrogen-bond donors (Lipinski definition) is 3. The van der Waals surface area contributed by atoms with Gasteiger partial charge in [0.25, 0.3) is 0 Å². The molecule has 2 amide bonds. The summed E-state index contributed by atoms with van der Waals surface area (Å²) < 4.78 is 16.7. The van der Waals surface area contributed by atoms with E-state index in [1.807, 2.05) is 60.7 Å². The number of methoxy groups -OCH3 is 2. The average Bonchev–Trinajstić information content (AvgIpc) is 3.77. The lowest BCUT2D eigenvalue weighted by molar-refractivity contribution is -0.0773. The maximum atomic E-state index is 14.2. The van der Waals surface area contributed by atoms with Gasteiger partial charge in [0, 0.05) is 28.3 Å². The fraction of sp³-hybridized carbons (Fsp3) is 0.395. The van der Waals surface area contributed by atoms with Gasteiger partial charge in [-0.3, -0.25) is 4.79 Å². The van der Waals surface area contributed by atoms with E-state index in [4.69, 9.17) is 13.9 Å². The molecule has 7 rings (SSSR count). The number of fused-ring (bicyclic) bond motifs is 8. The Kier molecular flexibility index (Phi) is 11.2. The van der Waals surface area contributed by atoms with Crippen molar-refractivity contribution < 1.29 is 33.7 Å². The molecule has 2 bridgehead atoms. The fourth-order valence-electron chi connectivity index (χ4n) is 8.16. The molecule has 9 heteroatoms. The summed E-state index contributed by atoms with van der Waals surface area (Å²) in [5.74, 6) is 1.01. The highest BCUT2D eigenvalue weighted by atomic mass is 16.5. The number of benzene rings is 3. The molecule has 1 aromatic heterocycles. The Bertz CT molecular complexity index is 1890. The zero-order valence-corrected chi connectivity index (χ0v) is 30.6. The first-order valence-corrected chi connectivity index (χ1v) is 18.1. The molecule has 0 unspecified atom stereocenters. The predicted octanol–water partition coefficient (Wildman–Crippen LogP) is 8.30. The van der Waals surface area contributed by atoms with Crippen molar-refractivity contribution >= 4 is 17.5 Å². The highest BCUT2D eigenvalue weighted by Gasteiger charge is 2.57. The summed E-state index contributed by atoms with van der Waals surface area (Å²) in [5.41, 5.74) is 2.76. The van der Waals surface area contributed by atoms with Crippen LogP contribution in [0.4, 0.5) is 10.5 Å². The fourth-order valence-corrected chi connectivity index (χ4v) is 8.16. The third-order valence-corrected chi connectivity index (χ3v) is 11.3. The highest BCUT2D eigenvalue weighted by Crippen LogP contribution is 2.59. The van der Waals surface area contributed by atoms with Crippen LogP contribution >= 0.6 is 0 Å². The Hall–Kier alpha value is -4.86. The van der Waals surface area contributed by atoms with E-state index in [0.29, 0.717) is 61.3 Å². The summed E-state index contributed by atoms with van der Waals surface area (Å²) in [6.45, 7) is 4.42. The first-order chi connectivity index (χ1) is 25.0. The minimum absolute atomic E-state index is 0.0439. The van der Waals surface area contributed by atoms with Crippen LogP contribution in [-0.4, -0.2) is 59.4 Å². The molecular formula is C43H50N2O7. The number of amides is 2. The van der Waals surface area contributed by atoms with E-state index in [1.54, 1.807) is 37.3 Å². The first-order valence-electron chi connectivity index (χ1n) is 18.1. The number of carbonyl (C=O) groups excluding carboxylic acids is 2. The van der Waals surface area contributed by atoms with Crippen molar-refractivity contribution in [2.45, 2.75) is 83.0 Å². The molecule has 0 saturated heterocycles. The number of furan rings is 1. The van der Waals surface area contributed by atoms with Gasteiger partial charge in [-0.15, -0.1) is 0 Å². The lowest BCUT2D eigenvalue weighted by atomic mass is 9.64. The molecule has 3 N–H and O–H groups in total. The number of urea groups is 1. The summed E-state index contributed by atoms with van der Waals surface area (Å²) in [4.78, 5) is 29.9. The van der Waals surface area contributed by atoms with E-state index < -0.39 is 17.1 Å². The van der Waals surface area contributed by atoms with Gasteiger partial charge in [0.05, 0.1) is 45.3 Å². The summed E-state index contributed by atoms with van der Waals surface area (Å²) in [6, 6.07) is 23.7. The van der Waals surface area contributed by atoms with Crippen molar-refractivity contribution in [2.24, 2.45) is 5.41 Å². The molecule has 274 valence electrons. The number of hydrogen-bond acceptors (Lipinski definition) is 7. The zero-order chi connectivity index (χ0) is 36.9. The van der Waals surface area contributed by atoms with Gasteiger partial charge in [-0.1, -0.05) is 48.9 Å². The van der Waals surface area contributed by atoms with Gasteiger partial charge < -0.3 is 34.3 Å². The van der Waals surface area contributed by atoms with Crippen molar-refractivity contribution in [3.05, 3.63) is 125 Å². The SMILES string of the molecule is COc1ccc(CN(C[C@]2(O)CC[C@H]3c4ccc(cc4C(=O)c4ccco4)C[C@@H](O)CCC(C)=CCC[C@@]32C)C(=O)Nc2ccccc2)c(OC)c1. The molecule has 0 radical (unpaired) electrons. The largest absolute Gasteiger partial charge is 0.497 e. The number of rotatable bonds is 9. The zero-order valence-electron chi connectivity index (χ0n) is 30.6. The third-order valence-electron chi connectivity index (χ3n) is 11.3. The Balaban J connectivity index is 1.42. The molecule has 0 aliphatic heterocycles. The van der Waals surface area contributed by atoms with Gasteiger partial charge >= 0.3 is 6.03 Å². The molecule has 1 heterocycles. The van der Waals surface area contributed by atoms with Gasteiger partial charge in [-0.2, -0.15) is 0 Å². The van der Waals surface area contributed by atoms with Crippen LogP contribution in [0.2, 0.25) is 0 Å². The van der Waals surface area contributed by atoms with E-state index in [9.17, 15) is 19.8 Å². The van der Waals surface area contributed by atoms with Crippen LogP contribution < -0.4 is 14.8 Å². The van der Waals surface area contributed by atoms with Gasteiger partial charge in [0.15, 0.2) is 5.76 Å². The number of anilines is 1. The molecule has 4 aromatic rings. The summed E-state index contributed by atoms with van der Waals surface area (Å²) in [6.07, 6.45) is 7.28. The smallest absolute Gasteiger partial charge is 0.322 e. The number of aliphatic hydroxyl groups excluding tert-OH is 1.